The molecule has 9 nitrogen and oxygen atoms in total. The maximum Gasteiger partial charge on any atom is 0.343 e. The Labute approximate surface area is 181 Å². The number of carbonyl (C=O) groups excluding carboxylic acids is 2. The molecule has 1 saturated heterocycles. The molecule has 1 aliphatic heterocycles. The summed E-state index contributed by atoms with van der Waals surface area (Å²) in [5.41, 5.74) is 0.791. The van der Waals surface area contributed by atoms with Crippen LogP contribution in [0.25, 0.3) is 0 Å². The molecule has 0 saturated carbocycles. The molecule has 1 fully saturated rings. The van der Waals surface area contributed by atoms with Gasteiger partial charge in [0.2, 0.25) is 10.0 Å². The highest BCUT2D eigenvalue weighted by molar-refractivity contribution is 7.89. The lowest BCUT2D eigenvalue weighted by molar-refractivity contribution is -0.142. The van der Waals surface area contributed by atoms with E-state index in [4.69, 9.17) is 4.74 Å². The summed E-state index contributed by atoms with van der Waals surface area (Å²) in [7, 11) is -0.343. The SMILES string of the molecule is COC(=O)COc1cccc(C(=O)Nc2ccc(S(=O)(=O)N3CCN(C)CC3)cc2)c1. The molecule has 10 heteroatoms. The van der Waals surface area contributed by atoms with Crippen molar-refractivity contribution in [3.8, 4) is 5.75 Å². The van der Waals surface area contributed by atoms with Crippen molar-refractivity contribution >= 4 is 27.6 Å². The molecule has 0 atom stereocenters. The molecule has 2 aromatic carbocycles. The molecule has 0 spiro atoms. The lowest BCUT2D eigenvalue weighted by Gasteiger charge is -2.31. The van der Waals surface area contributed by atoms with Gasteiger partial charge in [-0.2, -0.15) is 4.31 Å². The van der Waals surface area contributed by atoms with Crippen LogP contribution in [0.3, 0.4) is 0 Å². The Morgan fingerprint density at radius 3 is 2.35 bits per heavy atom. The molecule has 1 aliphatic rings. The second-order valence-electron chi connectivity index (χ2n) is 7.08. The first kappa shape index (κ1) is 22.7. The smallest absolute Gasteiger partial charge is 0.343 e. The lowest BCUT2D eigenvalue weighted by atomic mass is 10.2. The topological polar surface area (TPSA) is 105 Å². The minimum Gasteiger partial charge on any atom is -0.482 e. The number of sulfonamides is 1. The van der Waals surface area contributed by atoms with Crippen LogP contribution in [0, 0.1) is 0 Å². The van der Waals surface area contributed by atoms with Gasteiger partial charge in [0.1, 0.15) is 5.75 Å². The van der Waals surface area contributed by atoms with Gasteiger partial charge in [-0.3, -0.25) is 4.79 Å². The van der Waals surface area contributed by atoms with Gasteiger partial charge in [0.05, 0.1) is 12.0 Å². The average Bonchev–Trinajstić information content (AvgIpc) is 2.78. The van der Waals surface area contributed by atoms with E-state index in [-0.39, 0.29) is 11.5 Å². The lowest BCUT2D eigenvalue weighted by Crippen LogP contribution is -2.46. The number of anilines is 1. The Morgan fingerprint density at radius 1 is 1.03 bits per heavy atom. The van der Waals surface area contributed by atoms with Gasteiger partial charge in [-0.05, 0) is 49.5 Å². The van der Waals surface area contributed by atoms with Crippen LogP contribution in [0.2, 0.25) is 0 Å². The van der Waals surface area contributed by atoms with Crippen molar-refractivity contribution in [3.63, 3.8) is 0 Å². The van der Waals surface area contributed by atoms with Crippen LogP contribution in [0.15, 0.2) is 53.4 Å². The molecule has 3 rings (SSSR count). The summed E-state index contributed by atoms with van der Waals surface area (Å²) in [5, 5.41) is 2.72. The van der Waals surface area contributed by atoms with Crippen LogP contribution in [-0.2, 0) is 19.6 Å². The zero-order valence-corrected chi connectivity index (χ0v) is 18.2. The van der Waals surface area contributed by atoms with E-state index >= 15 is 0 Å². The summed E-state index contributed by atoms with van der Waals surface area (Å²) in [4.78, 5) is 26.0. The van der Waals surface area contributed by atoms with Crippen LogP contribution >= 0.6 is 0 Å². The van der Waals surface area contributed by atoms with E-state index in [1.54, 1.807) is 30.3 Å². The van der Waals surface area contributed by atoms with E-state index in [1.807, 2.05) is 7.05 Å². The highest BCUT2D eigenvalue weighted by Crippen LogP contribution is 2.21. The third-order valence-corrected chi connectivity index (χ3v) is 6.81. The summed E-state index contributed by atoms with van der Waals surface area (Å²) in [6, 6.07) is 12.4. The number of nitrogens with zero attached hydrogens (tertiary/aromatic N) is 2. The zero-order valence-electron chi connectivity index (χ0n) is 17.4. The molecule has 1 amide bonds. The fraction of sp³-hybridized carbons (Fsp3) is 0.333. The Balaban J connectivity index is 1.64. The molecular weight excluding hydrogens is 422 g/mol. The van der Waals surface area contributed by atoms with E-state index < -0.39 is 21.9 Å². The average molecular weight is 448 g/mol. The zero-order chi connectivity index (χ0) is 22.4. The summed E-state index contributed by atoms with van der Waals surface area (Å²) in [6.07, 6.45) is 0. The third kappa shape index (κ3) is 5.81. The number of carbonyl (C=O) groups is 2. The standard InChI is InChI=1S/C21H25N3O6S/c1-23-10-12-24(13-11-23)31(27,28)19-8-6-17(7-9-19)22-21(26)16-4-3-5-18(14-16)30-15-20(25)29-2/h3-9,14H,10-13,15H2,1-2H3,(H,22,26). The van der Waals surface area contributed by atoms with E-state index in [9.17, 15) is 18.0 Å². The fourth-order valence-corrected chi connectivity index (χ4v) is 4.44. The highest BCUT2D eigenvalue weighted by atomic mass is 32.2. The van der Waals surface area contributed by atoms with Crippen LogP contribution in [0.1, 0.15) is 10.4 Å². The number of nitrogens with one attached hydrogen (secondary N) is 1. The number of hydrogen-bond donors (Lipinski definition) is 1. The maximum atomic E-state index is 12.8. The van der Waals surface area contributed by atoms with E-state index in [0.717, 1.165) is 0 Å². The number of hydrogen-bond acceptors (Lipinski definition) is 7. The predicted molar refractivity (Wildman–Crippen MR) is 115 cm³/mol. The van der Waals surface area contributed by atoms with Crippen molar-refractivity contribution in [2.75, 3.05) is 52.3 Å². The number of methoxy groups -OCH3 is 1. The Bertz CT molecular complexity index is 1030. The first-order chi connectivity index (χ1) is 14.8. The first-order valence-electron chi connectivity index (χ1n) is 9.69. The molecule has 0 aliphatic carbocycles. The van der Waals surface area contributed by atoms with Crippen molar-refractivity contribution in [1.29, 1.82) is 0 Å². The minimum absolute atomic E-state index is 0.188. The van der Waals surface area contributed by atoms with Crippen LogP contribution in [0.4, 0.5) is 5.69 Å². The summed E-state index contributed by atoms with van der Waals surface area (Å²) in [5.74, 6) is -0.564. The van der Waals surface area contributed by atoms with Gasteiger partial charge in [0.25, 0.3) is 5.91 Å². The van der Waals surface area contributed by atoms with Crippen molar-refractivity contribution in [3.05, 3.63) is 54.1 Å². The second-order valence-corrected chi connectivity index (χ2v) is 9.02. The maximum absolute atomic E-state index is 12.8. The third-order valence-electron chi connectivity index (χ3n) is 4.89. The Morgan fingerprint density at radius 2 is 1.71 bits per heavy atom. The summed E-state index contributed by atoms with van der Waals surface area (Å²) >= 11 is 0. The normalized spacial score (nSPS) is 15.3. The highest BCUT2D eigenvalue weighted by Gasteiger charge is 2.27. The van der Waals surface area contributed by atoms with Gasteiger partial charge in [-0.15, -0.1) is 0 Å². The van der Waals surface area contributed by atoms with Crippen molar-refractivity contribution in [1.82, 2.24) is 9.21 Å². The molecule has 0 unspecified atom stereocenters. The molecule has 1 N–H and O–H groups in total. The van der Waals surface area contributed by atoms with Gasteiger partial charge in [0.15, 0.2) is 6.61 Å². The van der Waals surface area contributed by atoms with Crippen LogP contribution in [-0.4, -0.2) is 76.4 Å². The number of esters is 1. The van der Waals surface area contributed by atoms with Crippen LogP contribution < -0.4 is 10.1 Å². The summed E-state index contributed by atoms with van der Waals surface area (Å²) in [6.45, 7) is 2.02. The molecule has 0 bridgehead atoms. The molecule has 0 aromatic heterocycles. The minimum atomic E-state index is -3.56. The quantitative estimate of drug-likeness (QED) is 0.640. The molecular formula is C21H25N3O6S. The Kier molecular flexibility index (Phi) is 7.26. The molecule has 2 aromatic rings. The first-order valence-corrected chi connectivity index (χ1v) is 11.1. The summed E-state index contributed by atoms with van der Waals surface area (Å²) < 4.78 is 36.9. The molecule has 0 radical (unpaired) electrons. The van der Waals surface area contributed by atoms with E-state index in [0.29, 0.717) is 43.2 Å². The molecule has 31 heavy (non-hydrogen) atoms. The number of amides is 1. The fourth-order valence-electron chi connectivity index (χ4n) is 3.02. The van der Waals surface area contributed by atoms with Gasteiger partial charge >= 0.3 is 5.97 Å². The van der Waals surface area contributed by atoms with Crippen molar-refractivity contribution < 1.29 is 27.5 Å². The predicted octanol–water partition coefficient (Wildman–Crippen LogP) is 1.43. The van der Waals surface area contributed by atoms with Gasteiger partial charge in [-0.1, -0.05) is 6.07 Å². The number of rotatable bonds is 7. The monoisotopic (exact) mass is 447 g/mol. The van der Waals surface area contributed by atoms with Crippen molar-refractivity contribution in [2.45, 2.75) is 4.90 Å². The number of piperazine rings is 1. The van der Waals surface area contributed by atoms with Crippen molar-refractivity contribution in [2.24, 2.45) is 0 Å². The van der Waals surface area contributed by atoms with E-state index in [2.05, 4.69) is 15.0 Å². The number of ether oxygens (including phenoxy) is 2. The van der Waals surface area contributed by atoms with Gasteiger partial charge in [-0.25, -0.2) is 13.2 Å². The van der Waals surface area contributed by atoms with Gasteiger partial charge < -0.3 is 19.7 Å². The largest absolute Gasteiger partial charge is 0.482 e. The molecule has 166 valence electrons. The van der Waals surface area contributed by atoms with Gasteiger partial charge in [0, 0.05) is 37.4 Å². The number of benzene rings is 2. The van der Waals surface area contributed by atoms with Crippen LogP contribution in [0.5, 0.6) is 5.75 Å². The molecule has 1 heterocycles. The van der Waals surface area contributed by atoms with E-state index in [1.165, 1.54) is 29.6 Å². The Hall–Kier alpha value is -2.95. The number of likely N-dealkylation sites (N-methyl/N-ethyl adjacent to an activating group) is 1. The second kappa shape index (κ2) is 9.90.